The third-order valence-electron chi connectivity index (χ3n) is 3.70. The summed E-state index contributed by atoms with van der Waals surface area (Å²) in [5.74, 6) is 1.08. The van der Waals surface area contributed by atoms with E-state index in [-0.39, 0.29) is 11.8 Å². The Balaban J connectivity index is 2.17. The van der Waals surface area contributed by atoms with Crippen molar-refractivity contribution in [3.8, 4) is 5.88 Å². The van der Waals surface area contributed by atoms with Gasteiger partial charge in [-0.25, -0.2) is 4.98 Å². The molecule has 0 bridgehead atoms. The Morgan fingerprint density at radius 1 is 1.07 bits per heavy atom. The Hall–Kier alpha value is -1.61. The Morgan fingerprint density at radius 3 is 2.33 bits per heavy atom. The fraction of sp³-hybridized carbons (Fsp3) is 0.500. The van der Waals surface area contributed by atoms with E-state index in [1.807, 2.05) is 0 Å². The Kier molecular flexibility index (Phi) is 8.09. The number of anilines is 3. The van der Waals surface area contributed by atoms with Crippen molar-refractivity contribution in [2.75, 3.05) is 43.9 Å². The summed E-state index contributed by atoms with van der Waals surface area (Å²) in [6.45, 7) is 7.64. The molecule has 2 rings (SSSR count). The monoisotopic (exact) mass is 433 g/mol. The fourth-order valence-electron chi connectivity index (χ4n) is 2.21. The van der Waals surface area contributed by atoms with Crippen molar-refractivity contribution in [1.82, 2.24) is 24.8 Å². The number of hydrogen-bond donors (Lipinski definition) is 2. The molecule has 0 saturated carbocycles. The van der Waals surface area contributed by atoms with E-state index >= 15 is 0 Å². The van der Waals surface area contributed by atoms with Crippen molar-refractivity contribution in [1.29, 1.82) is 0 Å². The molecular weight excluding hydrogens is 413 g/mol. The predicted octanol–water partition coefficient (Wildman–Crippen LogP) is 3.60. The summed E-state index contributed by atoms with van der Waals surface area (Å²) in [5, 5.41) is 6.17. The molecule has 0 aliphatic carbocycles. The molecule has 0 spiro atoms. The second-order valence-electron chi connectivity index (χ2n) is 5.47. The lowest BCUT2D eigenvalue weighted by Gasteiger charge is -2.18. The molecule has 0 atom stereocenters. The average molecular weight is 435 g/mol. The van der Waals surface area contributed by atoms with E-state index < -0.39 is 3.79 Å². The smallest absolute Gasteiger partial charge is 0.250 e. The highest BCUT2D eigenvalue weighted by molar-refractivity contribution is 6.66. The van der Waals surface area contributed by atoms with Crippen LogP contribution in [0.2, 0.25) is 0 Å². The normalized spacial score (nSPS) is 11.5. The number of ether oxygens (including phenoxy) is 1. The van der Waals surface area contributed by atoms with Gasteiger partial charge in [-0.1, -0.05) is 48.7 Å². The number of alkyl halides is 3. The highest BCUT2D eigenvalue weighted by Crippen LogP contribution is 2.36. The van der Waals surface area contributed by atoms with Crippen molar-refractivity contribution in [3.05, 3.63) is 24.2 Å². The van der Waals surface area contributed by atoms with Crippen LogP contribution < -0.4 is 15.4 Å². The molecule has 0 radical (unpaired) electrons. The first-order chi connectivity index (χ1) is 12.9. The minimum atomic E-state index is -1.77. The van der Waals surface area contributed by atoms with Crippen molar-refractivity contribution in [2.24, 2.45) is 0 Å². The topological polar surface area (TPSA) is 88.1 Å². The average Bonchev–Trinajstić information content (AvgIpc) is 2.65. The first kappa shape index (κ1) is 21.7. The van der Waals surface area contributed by atoms with Crippen LogP contribution in [-0.2, 0) is 3.79 Å². The highest BCUT2D eigenvalue weighted by Gasteiger charge is 2.28. The lowest BCUT2D eigenvalue weighted by Crippen LogP contribution is -2.29. The second-order valence-corrected chi connectivity index (χ2v) is 7.75. The molecule has 2 N–H and O–H groups in total. The van der Waals surface area contributed by atoms with Crippen LogP contribution in [0.4, 0.5) is 17.6 Å². The van der Waals surface area contributed by atoms with Crippen LogP contribution in [0.15, 0.2) is 18.3 Å². The highest BCUT2D eigenvalue weighted by atomic mass is 35.6. The SMILES string of the molecule is CCN(CC)CCNc1nc(Nc2ccc(OC)nc2)nc(C(Cl)(Cl)Cl)n1. The molecule has 2 aromatic heterocycles. The first-order valence-corrected chi connectivity index (χ1v) is 9.55. The predicted molar refractivity (Wildman–Crippen MR) is 109 cm³/mol. The van der Waals surface area contributed by atoms with Crippen LogP contribution in [0.25, 0.3) is 0 Å². The van der Waals surface area contributed by atoms with E-state index in [4.69, 9.17) is 39.5 Å². The van der Waals surface area contributed by atoms with Crippen molar-refractivity contribution < 1.29 is 4.74 Å². The molecule has 8 nitrogen and oxygen atoms in total. The minimum Gasteiger partial charge on any atom is -0.481 e. The summed E-state index contributed by atoms with van der Waals surface area (Å²) in [4.78, 5) is 19.1. The molecule has 0 saturated heterocycles. The molecule has 0 aliphatic heterocycles. The van der Waals surface area contributed by atoms with Gasteiger partial charge in [0, 0.05) is 19.2 Å². The van der Waals surface area contributed by atoms with Gasteiger partial charge in [-0.05, 0) is 19.2 Å². The molecule has 0 aliphatic rings. The van der Waals surface area contributed by atoms with Crippen molar-refractivity contribution in [3.63, 3.8) is 0 Å². The second kappa shape index (κ2) is 10.1. The fourth-order valence-corrected chi connectivity index (χ4v) is 2.46. The van der Waals surface area contributed by atoms with E-state index in [1.54, 1.807) is 25.4 Å². The summed E-state index contributed by atoms with van der Waals surface area (Å²) in [7, 11) is 1.55. The Morgan fingerprint density at radius 2 is 1.78 bits per heavy atom. The molecule has 0 amide bonds. The van der Waals surface area contributed by atoms with Crippen LogP contribution >= 0.6 is 34.8 Å². The quantitative estimate of drug-likeness (QED) is 0.579. The van der Waals surface area contributed by atoms with Gasteiger partial charge in [0.05, 0.1) is 19.0 Å². The Bertz CT molecular complexity index is 721. The maximum absolute atomic E-state index is 5.96. The Labute approximate surface area is 173 Å². The van der Waals surface area contributed by atoms with Crippen LogP contribution in [0, 0.1) is 0 Å². The van der Waals surface area contributed by atoms with Crippen molar-refractivity contribution >= 4 is 52.4 Å². The summed E-state index contributed by atoms with van der Waals surface area (Å²) in [6.07, 6.45) is 1.59. The van der Waals surface area contributed by atoms with Gasteiger partial charge in [-0.15, -0.1) is 0 Å². The van der Waals surface area contributed by atoms with Gasteiger partial charge in [0.2, 0.25) is 21.6 Å². The minimum absolute atomic E-state index is 0.0248. The van der Waals surface area contributed by atoms with Crippen LogP contribution in [-0.4, -0.2) is 58.1 Å². The molecular formula is C16H22Cl3N7O. The standard InChI is InChI=1S/C16H22Cl3N7O/c1-4-26(5-2)9-8-20-14-23-13(16(17,18)19)24-15(25-14)22-11-6-7-12(27-3)21-10-11/h6-7,10H,4-5,8-9H2,1-3H3,(H2,20,22,23,24,25). The van der Waals surface area contributed by atoms with Gasteiger partial charge in [0.15, 0.2) is 5.82 Å². The van der Waals surface area contributed by atoms with E-state index in [0.29, 0.717) is 24.1 Å². The molecule has 2 heterocycles. The maximum Gasteiger partial charge on any atom is 0.250 e. The van der Waals surface area contributed by atoms with Crippen LogP contribution in [0.3, 0.4) is 0 Å². The molecule has 0 unspecified atom stereocenters. The van der Waals surface area contributed by atoms with E-state index in [0.717, 1.165) is 19.6 Å². The number of pyridine rings is 1. The van der Waals surface area contributed by atoms with Gasteiger partial charge in [0.25, 0.3) is 0 Å². The maximum atomic E-state index is 5.96. The van der Waals surface area contributed by atoms with Gasteiger partial charge in [-0.2, -0.15) is 15.0 Å². The van der Waals surface area contributed by atoms with Crippen LogP contribution in [0.1, 0.15) is 19.7 Å². The number of aromatic nitrogens is 4. The number of nitrogens with zero attached hydrogens (tertiary/aromatic N) is 5. The first-order valence-electron chi connectivity index (χ1n) is 8.42. The van der Waals surface area contributed by atoms with E-state index in [2.05, 4.69) is 49.3 Å². The van der Waals surface area contributed by atoms with E-state index in [9.17, 15) is 0 Å². The van der Waals surface area contributed by atoms with Crippen LogP contribution in [0.5, 0.6) is 5.88 Å². The molecule has 2 aromatic rings. The lowest BCUT2D eigenvalue weighted by atomic mass is 10.4. The van der Waals surface area contributed by atoms with Crippen molar-refractivity contribution in [2.45, 2.75) is 17.6 Å². The van der Waals surface area contributed by atoms with Gasteiger partial charge in [-0.3, -0.25) is 0 Å². The molecule has 27 heavy (non-hydrogen) atoms. The molecule has 11 heteroatoms. The zero-order valence-corrected chi connectivity index (χ0v) is 17.6. The number of likely N-dealkylation sites (N-methyl/N-ethyl adjacent to an activating group) is 1. The lowest BCUT2D eigenvalue weighted by molar-refractivity contribution is 0.316. The van der Waals surface area contributed by atoms with Gasteiger partial charge in [0.1, 0.15) is 0 Å². The number of rotatable bonds is 9. The number of nitrogens with one attached hydrogen (secondary N) is 2. The van der Waals surface area contributed by atoms with Gasteiger partial charge < -0.3 is 20.3 Å². The zero-order valence-electron chi connectivity index (χ0n) is 15.3. The van der Waals surface area contributed by atoms with Gasteiger partial charge >= 0.3 is 0 Å². The molecule has 148 valence electrons. The van der Waals surface area contributed by atoms with E-state index in [1.165, 1.54) is 0 Å². The number of methoxy groups -OCH3 is 1. The summed E-state index contributed by atoms with van der Waals surface area (Å²) in [5.41, 5.74) is 0.659. The largest absolute Gasteiger partial charge is 0.481 e. The third kappa shape index (κ3) is 6.80. The third-order valence-corrected chi connectivity index (χ3v) is 4.20. The summed E-state index contributed by atoms with van der Waals surface area (Å²) >= 11 is 17.9. The molecule has 0 aromatic carbocycles. The summed E-state index contributed by atoms with van der Waals surface area (Å²) < 4.78 is 3.27. The number of halogens is 3. The molecule has 0 fully saturated rings. The zero-order chi connectivity index (χ0) is 19.9. The summed E-state index contributed by atoms with van der Waals surface area (Å²) in [6, 6.07) is 3.49. The number of hydrogen-bond acceptors (Lipinski definition) is 8.